The van der Waals surface area contributed by atoms with Crippen LogP contribution in [0.25, 0.3) is 0 Å². The Labute approximate surface area is 109 Å². The number of rotatable bonds is 8. The van der Waals surface area contributed by atoms with E-state index in [4.69, 9.17) is 9.47 Å². The van der Waals surface area contributed by atoms with Crippen molar-refractivity contribution in [2.24, 2.45) is 5.92 Å². The molecule has 3 nitrogen and oxygen atoms in total. The summed E-state index contributed by atoms with van der Waals surface area (Å²) >= 11 is 0. The standard InChI is InChI=1S/C15H23NO2/c1-17-10-13-5-3-4-12(8-13)9-16-15(11-18-2)14-6-7-14/h3-5,8,14-16H,6-7,9-11H2,1-2H3. The molecule has 0 aromatic heterocycles. The van der Waals surface area contributed by atoms with Crippen LogP contribution in [0.4, 0.5) is 0 Å². The van der Waals surface area contributed by atoms with Crippen LogP contribution in [0.1, 0.15) is 24.0 Å². The second-order valence-corrected chi connectivity index (χ2v) is 5.03. The zero-order valence-corrected chi connectivity index (χ0v) is 11.3. The SMILES string of the molecule is COCc1cccc(CNC(COC)C2CC2)c1. The third-order valence-corrected chi connectivity index (χ3v) is 3.41. The molecule has 0 bridgehead atoms. The molecule has 1 aliphatic rings. The van der Waals surface area contributed by atoms with E-state index in [1.165, 1.54) is 24.0 Å². The summed E-state index contributed by atoms with van der Waals surface area (Å²) in [5.41, 5.74) is 2.54. The van der Waals surface area contributed by atoms with Crippen LogP contribution in [0.2, 0.25) is 0 Å². The maximum absolute atomic E-state index is 5.27. The molecule has 0 aliphatic heterocycles. The second kappa shape index (κ2) is 6.88. The minimum atomic E-state index is 0.501. The fourth-order valence-corrected chi connectivity index (χ4v) is 2.28. The second-order valence-electron chi connectivity index (χ2n) is 5.03. The molecule has 0 amide bonds. The first kappa shape index (κ1) is 13.5. The van der Waals surface area contributed by atoms with Gasteiger partial charge in [0.05, 0.1) is 13.2 Å². The number of methoxy groups -OCH3 is 2. The fourth-order valence-electron chi connectivity index (χ4n) is 2.28. The molecule has 3 heteroatoms. The molecular weight excluding hydrogens is 226 g/mol. The van der Waals surface area contributed by atoms with Crippen LogP contribution >= 0.6 is 0 Å². The molecule has 1 unspecified atom stereocenters. The number of nitrogens with one attached hydrogen (secondary N) is 1. The summed E-state index contributed by atoms with van der Waals surface area (Å²) in [6, 6.07) is 9.05. The zero-order chi connectivity index (χ0) is 12.8. The summed E-state index contributed by atoms with van der Waals surface area (Å²) in [4.78, 5) is 0. The topological polar surface area (TPSA) is 30.5 Å². The Kier molecular flexibility index (Phi) is 5.17. The van der Waals surface area contributed by atoms with Crippen molar-refractivity contribution in [3.05, 3.63) is 35.4 Å². The van der Waals surface area contributed by atoms with E-state index in [9.17, 15) is 0 Å². The third kappa shape index (κ3) is 4.09. The molecule has 0 heterocycles. The molecular formula is C15H23NO2. The van der Waals surface area contributed by atoms with Crippen LogP contribution in [0.15, 0.2) is 24.3 Å². The van der Waals surface area contributed by atoms with Crippen LogP contribution < -0.4 is 5.32 Å². The molecule has 1 aliphatic carbocycles. The molecule has 0 radical (unpaired) electrons. The molecule has 100 valence electrons. The highest BCUT2D eigenvalue weighted by Gasteiger charge is 2.30. The van der Waals surface area contributed by atoms with Gasteiger partial charge in [0.15, 0.2) is 0 Å². The largest absolute Gasteiger partial charge is 0.383 e. The Morgan fingerprint density at radius 1 is 1.22 bits per heavy atom. The first-order valence-corrected chi connectivity index (χ1v) is 6.62. The van der Waals surface area contributed by atoms with Crippen molar-refractivity contribution in [2.75, 3.05) is 20.8 Å². The average molecular weight is 249 g/mol. The van der Waals surface area contributed by atoms with Crippen LogP contribution in [0.5, 0.6) is 0 Å². The minimum absolute atomic E-state index is 0.501. The van der Waals surface area contributed by atoms with E-state index in [2.05, 4.69) is 29.6 Å². The predicted molar refractivity (Wildman–Crippen MR) is 72.4 cm³/mol. The molecule has 0 spiro atoms. The number of ether oxygens (including phenoxy) is 2. The quantitative estimate of drug-likeness (QED) is 0.767. The summed E-state index contributed by atoms with van der Waals surface area (Å²) in [5.74, 6) is 0.812. The lowest BCUT2D eigenvalue weighted by molar-refractivity contribution is 0.157. The highest BCUT2D eigenvalue weighted by molar-refractivity contribution is 5.23. The lowest BCUT2D eigenvalue weighted by Crippen LogP contribution is -2.34. The normalized spacial score (nSPS) is 16.8. The Bertz CT molecular complexity index is 363. The Hall–Kier alpha value is -0.900. The molecule has 1 saturated carbocycles. The Morgan fingerprint density at radius 3 is 2.67 bits per heavy atom. The van der Waals surface area contributed by atoms with Gasteiger partial charge in [0.25, 0.3) is 0 Å². The molecule has 18 heavy (non-hydrogen) atoms. The van der Waals surface area contributed by atoms with Crippen molar-refractivity contribution in [3.8, 4) is 0 Å². The predicted octanol–water partition coefficient (Wildman–Crippen LogP) is 2.35. The van der Waals surface area contributed by atoms with Crippen molar-refractivity contribution in [1.29, 1.82) is 0 Å². The van der Waals surface area contributed by atoms with Gasteiger partial charge < -0.3 is 14.8 Å². The molecule has 2 rings (SSSR count). The van der Waals surface area contributed by atoms with Crippen LogP contribution in [0.3, 0.4) is 0 Å². The average Bonchev–Trinajstić information content (AvgIpc) is 3.20. The first-order chi connectivity index (χ1) is 8.83. The highest BCUT2D eigenvalue weighted by atomic mass is 16.5. The van der Waals surface area contributed by atoms with E-state index in [-0.39, 0.29) is 0 Å². The summed E-state index contributed by atoms with van der Waals surface area (Å²) in [6.45, 7) is 2.39. The maximum atomic E-state index is 5.27. The van der Waals surface area contributed by atoms with E-state index in [0.29, 0.717) is 12.6 Å². The zero-order valence-electron chi connectivity index (χ0n) is 11.3. The van der Waals surface area contributed by atoms with Gasteiger partial charge in [-0.05, 0) is 29.9 Å². The van der Waals surface area contributed by atoms with Crippen molar-refractivity contribution < 1.29 is 9.47 Å². The molecule has 1 aromatic rings. The van der Waals surface area contributed by atoms with Gasteiger partial charge in [0, 0.05) is 26.8 Å². The monoisotopic (exact) mass is 249 g/mol. The number of hydrogen-bond acceptors (Lipinski definition) is 3. The van der Waals surface area contributed by atoms with Gasteiger partial charge in [-0.3, -0.25) is 0 Å². The highest BCUT2D eigenvalue weighted by Crippen LogP contribution is 2.32. The summed E-state index contributed by atoms with van der Waals surface area (Å²) in [5, 5.41) is 3.60. The van der Waals surface area contributed by atoms with Crippen LogP contribution in [-0.4, -0.2) is 26.9 Å². The van der Waals surface area contributed by atoms with Gasteiger partial charge >= 0.3 is 0 Å². The van der Waals surface area contributed by atoms with Gasteiger partial charge in [0.2, 0.25) is 0 Å². The Balaban J connectivity index is 1.85. The first-order valence-electron chi connectivity index (χ1n) is 6.62. The lowest BCUT2D eigenvalue weighted by Gasteiger charge is -2.17. The summed E-state index contributed by atoms with van der Waals surface area (Å²) in [7, 11) is 3.50. The van der Waals surface area contributed by atoms with Crippen molar-refractivity contribution in [2.45, 2.75) is 32.0 Å². The van der Waals surface area contributed by atoms with E-state index < -0.39 is 0 Å². The van der Waals surface area contributed by atoms with Gasteiger partial charge in [0.1, 0.15) is 0 Å². The van der Waals surface area contributed by atoms with Crippen LogP contribution in [-0.2, 0) is 22.6 Å². The van der Waals surface area contributed by atoms with Crippen LogP contribution in [0, 0.1) is 5.92 Å². The molecule has 0 saturated heterocycles. The number of benzene rings is 1. The maximum Gasteiger partial charge on any atom is 0.0713 e. The van der Waals surface area contributed by atoms with Gasteiger partial charge in [-0.15, -0.1) is 0 Å². The lowest BCUT2D eigenvalue weighted by atomic mass is 10.1. The van der Waals surface area contributed by atoms with Crippen molar-refractivity contribution in [3.63, 3.8) is 0 Å². The molecule has 1 aromatic carbocycles. The van der Waals surface area contributed by atoms with E-state index in [1.807, 2.05) is 0 Å². The van der Waals surface area contributed by atoms with E-state index >= 15 is 0 Å². The summed E-state index contributed by atoms with van der Waals surface area (Å²) in [6.07, 6.45) is 2.68. The summed E-state index contributed by atoms with van der Waals surface area (Å²) < 4.78 is 10.4. The third-order valence-electron chi connectivity index (χ3n) is 3.41. The molecule has 1 N–H and O–H groups in total. The van der Waals surface area contributed by atoms with Crippen molar-refractivity contribution in [1.82, 2.24) is 5.32 Å². The van der Waals surface area contributed by atoms with Crippen molar-refractivity contribution >= 4 is 0 Å². The smallest absolute Gasteiger partial charge is 0.0713 e. The van der Waals surface area contributed by atoms with Gasteiger partial charge in [-0.1, -0.05) is 24.3 Å². The fraction of sp³-hybridized carbons (Fsp3) is 0.600. The Morgan fingerprint density at radius 2 is 2.00 bits per heavy atom. The molecule has 1 atom stereocenters. The minimum Gasteiger partial charge on any atom is -0.383 e. The number of hydrogen-bond donors (Lipinski definition) is 1. The van der Waals surface area contributed by atoms with E-state index in [1.54, 1.807) is 14.2 Å². The van der Waals surface area contributed by atoms with Gasteiger partial charge in [-0.25, -0.2) is 0 Å². The van der Waals surface area contributed by atoms with Gasteiger partial charge in [-0.2, -0.15) is 0 Å². The molecule has 1 fully saturated rings. The van der Waals surface area contributed by atoms with E-state index in [0.717, 1.165) is 19.1 Å².